The number of aliphatic carboxylic acids is 1. The summed E-state index contributed by atoms with van der Waals surface area (Å²) in [4.78, 5) is 27.0. The summed E-state index contributed by atoms with van der Waals surface area (Å²) in [6.07, 6.45) is 1.16. The van der Waals surface area contributed by atoms with Crippen molar-refractivity contribution in [3.8, 4) is 16.9 Å². The third-order valence-corrected chi connectivity index (χ3v) is 5.26. The standard InChI is InChI=1S/C22H25NO4/c1-14(2)17-12-13-18(22(25)26)23(17)21(24)20-16(10-7-11-19(20)27-3)15-8-5-4-6-9-15/h4-11,14,17-18H,12-13H2,1-3H3,(H,25,26). The Balaban J connectivity index is 2.14. The average molecular weight is 367 g/mol. The van der Waals surface area contributed by atoms with Crippen LogP contribution < -0.4 is 4.74 Å². The van der Waals surface area contributed by atoms with Gasteiger partial charge in [0.15, 0.2) is 0 Å². The number of hydrogen-bond acceptors (Lipinski definition) is 3. The van der Waals surface area contributed by atoms with Crippen LogP contribution in [0.25, 0.3) is 11.1 Å². The predicted molar refractivity (Wildman–Crippen MR) is 104 cm³/mol. The lowest BCUT2D eigenvalue weighted by molar-refractivity contribution is -0.141. The van der Waals surface area contributed by atoms with Gasteiger partial charge in [0.05, 0.1) is 12.7 Å². The molecule has 5 nitrogen and oxygen atoms in total. The van der Waals surface area contributed by atoms with Crippen molar-refractivity contribution in [2.75, 3.05) is 7.11 Å². The Morgan fingerprint density at radius 1 is 1.07 bits per heavy atom. The summed E-state index contributed by atoms with van der Waals surface area (Å²) in [6.45, 7) is 4.05. The molecule has 1 aliphatic rings. The Morgan fingerprint density at radius 3 is 2.37 bits per heavy atom. The van der Waals surface area contributed by atoms with Crippen molar-refractivity contribution in [2.24, 2.45) is 5.92 Å². The number of carbonyl (C=O) groups excluding carboxylic acids is 1. The fourth-order valence-corrected chi connectivity index (χ4v) is 3.94. The number of rotatable bonds is 5. The molecule has 0 saturated carbocycles. The summed E-state index contributed by atoms with van der Waals surface area (Å²) in [6, 6.07) is 14.2. The van der Waals surface area contributed by atoms with Crippen LogP contribution >= 0.6 is 0 Å². The van der Waals surface area contributed by atoms with Crippen LogP contribution in [-0.4, -0.2) is 41.1 Å². The molecule has 1 aliphatic heterocycles. The topological polar surface area (TPSA) is 66.8 Å². The number of amides is 1. The lowest BCUT2D eigenvalue weighted by Gasteiger charge is -2.32. The van der Waals surface area contributed by atoms with Crippen molar-refractivity contribution in [1.82, 2.24) is 4.90 Å². The molecule has 0 bridgehead atoms. The number of ether oxygens (including phenoxy) is 1. The molecule has 2 aromatic carbocycles. The first-order chi connectivity index (χ1) is 13.0. The van der Waals surface area contributed by atoms with Gasteiger partial charge in [-0.2, -0.15) is 0 Å². The van der Waals surface area contributed by atoms with Crippen LogP contribution in [0.15, 0.2) is 48.5 Å². The highest BCUT2D eigenvalue weighted by Crippen LogP contribution is 2.37. The molecule has 1 amide bonds. The number of hydrogen-bond donors (Lipinski definition) is 1. The van der Waals surface area contributed by atoms with E-state index in [9.17, 15) is 14.7 Å². The molecule has 2 unspecified atom stereocenters. The summed E-state index contributed by atoms with van der Waals surface area (Å²) >= 11 is 0. The maximum absolute atomic E-state index is 13.6. The quantitative estimate of drug-likeness (QED) is 0.865. The first-order valence-electron chi connectivity index (χ1n) is 9.23. The van der Waals surface area contributed by atoms with E-state index < -0.39 is 12.0 Å². The Hall–Kier alpha value is -2.82. The maximum atomic E-state index is 13.6. The Bertz CT molecular complexity index is 831. The van der Waals surface area contributed by atoms with Crippen molar-refractivity contribution in [3.63, 3.8) is 0 Å². The molecule has 0 spiro atoms. The SMILES string of the molecule is COc1cccc(-c2ccccc2)c1C(=O)N1C(C(=O)O)CCC1C(C)C. The lowest BCUT2D eigenvalue weighted by Crippen LogP contribution is -2.47. The zero-order valence-corrected chi connectivity index (χ0v) is 15.9. The van der Waals surface area contributed by atoms with Gasteiger partial charge >= 0.3 is 5.97 Å². The van der Waals surface area contributed by atoms with Gasteiger partial charge in [-0.1, -0.05) is 56.3 Å². The fourth-order valence-electron chi connectivity index (χ4n) is 3.94. The van der Waals surface area contributed by atoms with Gasteiger partial charge in [-0.3, -0.25) is 4.79 Å². The number of likely N-dealkylation sites (tertiary alicyclic amines) is 1. The molecular weight excluding hydrogens is 342 g/mol. The summed E-state index contributed by atoms with van der Waals surface area (Å²) in [5, 5.41) is 9.67. The second-order valence-corrected chi connectivity index (χ2v) is 7.20. The molecule has 1 saturated heterocycles. The molecular formula is C22H25NO4. The first-order valence-corrected chi connectivity index (χ1v) is 9.23. The van der Waals surface area contributed by atoms with Gasteiger partial charge in [0.25, 0.3) is 5.91 Å². The summed E-state index contributed by atoms with van der Waals surface area (Å²) in [5.74, 6) is -0.606. The summed E-state index contributed by atoms with van der Waals surface area (Å²) < 4.78 is 5.48. The van der Waals surface area contributed by atoms with Crippen LogP contribution in [0.4, 0.5) is 0 Å². The van der Waals surface area contributed by atoms with Crippen molar-refractivity contribution >= 4 is 11.9 Å². The minimum atomic E-state index is -0.956. The van der Waals surface area contributed by atoms with Crippen molar-refractivity contribution in [3.05, 3.63) is 54.1 Å². The van der Waals surface area contributed by atoms with E-state index in [1.807, 2.05) is 56.3 Å². The first kappa shape index (κ1) is 19.0. The van der Waals surface area contributed by atoms with E-state index in [0.29, 0.717) is 24.2 Å². The van der Waals surface area contributed by atoms with Gasteiger partial charge in [-0.25, -0.2) is 4.79 Å². The maximum Gasteiger partial charge on any atom is 0.326 e. The number of carboxylic acid groups (broad SMARTS) is 1. The third kappa shape index (κ3) is 3.54. The molecule has 2 atom stereocenters. The minimum Gasteiger partial charge on any atom is -0.496 e. The van der Waals surface area contributed by atoms with E-state index in [-0.39, 0.29) is 17.9 Å². The van der Waals surface area contributed by atoms with E-state index in [0.717, 1.165) is 11.1 Å². The number of benzene rings is 2. The zero-order chi connectivity index (χ0) is 19.6. The third-order valence-electron chi connectivity index (χ3n) is 5.26. The molecule has 2 aromatic rings. The summed E-state index contributed by atoms with van der Waals surface area (Å²) in [7, 11) is 1.53. The Kier molecular flexibility index (Phi) is 5.49. The molecule has 0 radical (unpaired) electrons. The van der Waals surface area contributed by atoms with Gasteiger partial charge in [-0.15, -0.1) is 0 Å². The van der Waals surface area contributed by atoms with E-state index in [1.54, 1.807) is 11.0 Å². The van der Waals surface area contributed by atoms with Crippen molar-refractivity contribution in [2.45, 2.75) is 38.8 Å². The molecule has 0 aromatic heterocycles. The van der Waals surface area contributed by atoms with Crippen LogP contribution in [0.1, 0.15) is 37.0 Å². The zero-order valence-electron chi connectivity index (χ0n) is 15.9. The average Bonchev–Trinajstić information content (AvgIpc) is 3.13. The highest BCUT2D eigenvalue weighted by atomic mass is 16.5. The highest BCUT2D eigenvalue weighted by Gasteiger charge is 2.43. The predicted octanol–water partition coefficient (Wildman–Crippen LogP) is 4.08. The molecule has 1 heterocycles. The van der Waals surface area contributed by atoms with Crippen LogP contribution in [0.2, 0.25) is 0 Å². The van der Waals surface area contributed by atoms with Gasteiger partial charge in [0.1, 0.15) is 11.8 Å². The normalized spacial score (nSPS) is 19.3. The van der Waals surface area contributed by atoms with Crippen molar-refractivity contribution < 1.29 is 19.4 Å². The molecule has 0 aliphatic carbocycles. The number of nitrogens with zero attached hydrogens (tertiary/aromatic N) is 1. The summed E-state index contributed by atoms with van der Waals surface area (Å²) in [5.41, 5.74) is 2.07. The van der Waals surface area contributed by atoms with Gasteiger partial charge in [-0.05, 0) is 36.0 Å². The van der Waals surface area contributed by atoms with Crippen LogP contribution in [0, 0.1) is 5.92 Å². The minimum absolute atomic E-state index is 0.105. The van der Waals surface area contributed by atoms with Gasteiger partial charge in [0.2, 0.25) is 0 Å². The van der Waals surface area contributed by atoms with E-state index in [1.165, 1.54) is 7.11 Å². The van der Waals surface area contributed by atoms with Crippen LogP contribution in [0.5, 0.6) is 5.75 Å². The van der Waals surface area contributed by atoms with E-state index >= 15 is 0 Å². The monoisotopic (exact) mass is 367 g/mol. The van der Waals surface area contributed by atoms with Crippen LogP contribution in [-0.2, 0) is 4.79 Å². The molecule has 1 N–H and O–H groups in total. The second-order valence-electron chi connectivity index (χ2n) is 7.20. The number of methoxy groups -OCH3 is 1. The Morgan fingerprint density at radius 2 is 1.78 bits per heavy atom. The molecule has 27 heavy (non-hydrogen) atoms. The van der Waals surface area contributed by atoms with Crippen LogP contribution in [0.3, 0.4) is 0 Å². The van der Waals surface area contributed by atoms with Gasteiger partial charge in [0, 0.05) is 6.04 Å². The second kappa shape index (κ2) is 7.82. The molecule has 5 heteroatoms. The largest absolute Gasteiger partial charge is 0.496 e. The smallest absolute Gasteiger partial charge is 0.326 e. The molecule has 3 rings (SSSR count). The van der Waals surface area contributed by atoms with Gasteiger partial charge < -0.3 is 14.7 Å². The molecule has 1 fully saturated rings. The number of carbonyl (C=O) groups is 2. The van der Waals surface area contributed by atoms with E-state index in [4.69, 9.17) is 4.74 Å². The highest BCUT2D eigenvalue weighted by molar-refractivity contribution is 6.05. The molecule has 142 valence electrons. The number of carboxylic acids is 1. The lowest BCUT2D eigenvalue weighted by atomic mass is 9.96. The fraction of sp³-hybridized carbons (Fsp3) is 0.364. The van der Waals surface area contributed by atoms with Crippen molar-refractivity contribution in [1.29, 1.82) is 0 Å². The van der Waals surface area contributed by atoms with E-state index in [2.05, 4.69) is 0 Å². The Labute approximate surface area is 159 Å².